The van der Waals surface area contributed by atoms with E-state index in [1.807, 2.05) is 6.08 Å². The molecular weight excluding hydrogens is 257 g/mol. The molecule has 0 heterocycles. The van der Waals surface area contributed by atoms with Crippen LogP contribution in [0.2, 0.25) is 0 Å². The first-order chi connectivity index (χ1) is 8.54. The van der Waals surface area contributed by atoms with Crippen molar-refractivity contribution in [3.8, 4) is 0 Å². The van der Waals surface area contributed by atoms with Crippen molar-refractivity contribution in [2.24, 2.45) is 4.99 Å². The standard InChI is InChI=1S/C10H17NO2.C3H6O2.Na.H/c1-2-3-4-5-6-8-11-9-7-10(12)13;1-2-3(4)5;;/h6,8-9H,2-5,7H2,1H3,(H,12,13);2H2,1H3,(H,4,5);;. The third-order valence-electron chi connectivity index (χ3n) is 1.84. The molecule has 0 aromatic carbocycles. The molecule has 0 unspecified atom stereocenters. The molecule has 0 aliphatic rings. The Balaban J connectivity index is -0.000000366. The summed E-state index contributed by atoms with van der Waals surface area (Å²) in [6.45, 7) is 3.76. The van der Waals surface area contributed by atoms with Crippen molar-refractivity contribution in [3.63, 3.8) is 0 Å². The molecule has 0 aromatic rings. The van der Waals surface area contributed by atoms with Crippen LogP contribution in [-0.2, 0) is 9.59 Å². The summed E-state index contributed by atoms with van der Waals surface area (Å²) in [4.78, 5) is 23.2. The Morgan fingerprint density at radius 1 is 1.11 bits per heavy atom. The van der Waals surface area contributed by atoms with E-state index in [-0.39, 0.29) is 42.4 Å². The van der Waals surface area contributed by atoms with Crippen LogP contribution in [0.3, 0.4) is 0 Å². The Labute approximate surface area is 137 Å². The Bertz CT molecular complexity index is 278. The number of hydrogen-bond acceptors (Lipinski definition) is 3. The zero-order valence-corrected chi connectivity index (χ0v) is 11.1. The quantitative estimate of drug-likeness (QED) is 0.406. The summed E-state index contributed by atoms with van der Waals surface area (Å²) in [6.07, 6.45) is 9.92. The van der Waals surface area contributed by atoms with Crippen molar-refractivity contribution in [2.45, 2.75) is 52.4 Å². The summed E-state index contributed by atoms with van der Waals surface area (Å²) in [6, 6.07) is 0. The molecule has 0 aromatic heterocycles. The van der Waals surface area contributed by atoms with Gasteiger partial charge in [-0.2, -0.15) is 0 Å². The van der Waals surface area contributed by atoms with Crippen LogP contribution in [0.1, 0.15) is 52.4 Å². The first-order valence-electron chi connectivity index (χ1n) is 6.14. The molecule has 0 aliphatic carbocycles. The van der Waals surface area contributed by atoms with E-state index in [1.54, 1.807) is 13.1 Å². The fraction of sp³-hybridized carbons (Fsp3) is 0.615. The van der Waals surface area contributed by atoms with Crippen molar-refractivity contribution < 1.29 is 19.8 Å². The number of aliphatic carboxylic acids is 2. The van der Waals surface area contributed by atoms with Crippen molar-refractivity contribution in [1.29, 1.82) is 0 Å². The van der Waals surface area contributed by atoms with Gasteiger partial charge in [-0.15, -0.1) is 0 Å². The molecule has 0 saturated carbocycles. The van der Waals surface area contributed by atoms with Crippen LogP contribution >= 0.6 is 0 Å². The van der Waals surface area contributed by atoms with Gasteiger partial charge in [0.25, 0.3) is 0 Å². The molecule has 0 rings (SSSR count). The van der Waals surface area contributed by atoms with Gasteiger partial charge in [0.15, 0.2) is 0 Å². The second kappa shape index (κ2) is 19.7. The Morgan fingerprint density at radius 3 is 2.11 bits per heavy atom. The Morgan fingerprint density at radius 2 is 1.68 bits per heavy atom. The minimum atomic E-state index is -0.844. The van der Waals surface area contributed by atoms with E-state index in [4.69, 9.17) is 10.2 Å². The van der Waals surface area contributed by atoms with Gasteiger partial charge in [-0.05, 0) is 12.8 Å². The third kappa shape index (κ3) is 31.7. The van der Waals surface area contributed by atoms with E-state index in [9.17, 15) is 9.59 Å². The number of nitrogens with zero attached hydrogens (tertiary/aromatic N) is 1. The van der Waals surface area contributed by atoms with Crippen LogP contribution in [0.5, 0.6) is 0 Å². The van der Waals surface area contributed by atoms with Crippen molar-refractivity contribution >= 4 is 47.7 Å². The number of carboxylic acid groups (broad SMARTS) is 2. The summed E-state index contributed by atoms with van der Waals surface area (Å²) in [5.41, 5.74) is 0. The first kappa shape index (κ1) is 23.4. The molecule has 19 heavy (non-hydrogen) atoms. The summed E-state index contributed by atoms with van der Waals surface area (Å²) < 4.78 is 0. The maximum atomic E-state index is 10.1. The molecule has 5 nitrogen and oxygen atoms in total. The number of hydrogen-bond donors (Lipinski definition) is 2. The predicted molar refractivity (Wildman–Crippen MR) is 79.1 cm³/mol. The van der Waals surface area contributed by atoms with Crippen LogP contribution in [0, 0.1) is 0 Å². The summed E-state index contributed by atoms with van der Waals surface area (Å²) in [7, 11) is 0. The van der Waals surface area contributed by atoms with Gasteiger partial charge >= 0.3 is 41.5 Å². The van der Waals surface area contributed by atoms with Crippen LogP contribution in [0.15, 0.2) is 17.3 Å². The summed E-state index contributed by atoms with van der Waals surface area (Å²) in [5.74, 6) is -1.59. The Hall–Kier alpha value is -0.650. The van der Waals surface area contributed by atoms with E-state index < -0.39 is 11.9 Å². The van der Waals surface area contributed by atoms with Crippen molar-refractivity contribution in [1.82, 2.24) is 0 Å². The second-order valence-corrected chi connectivity index (χ2v) is 3.56. The van der Waals surface area contributed by atoms with Crippen LogP contribution < -0.4 is 0 Å². The van der Waals surface area contributed by atoms with E-state index in [0.717, 1.165) is 6.42 Å². The fourth-order valence-electron chi connectivity index (χ4n) is 0.839. The molecular formula is C13H24NNaO4. The predicted octanol–water partition coefficient (Wildman–Crippen LogP) is 2.46. The second-order valence-electron chi connectivity index (χ2n) is 3.56. The zero-order valence-electron chi connectivity index (χ0n) is 11.1. The van der Waals surface area contributed by atoms with Crippen molar-refractivity contribution in [3.05, 3.63) is 12.3 Å². The van der Waals surface area contributed by atoms with Crippen LogP contribution in [-0.4, -0.2) is 57.9 Å². The molecule has 0 atom stereocenters. The molecule has 0 bridgehead atoms. The van der Waals surface area contributed by atoms with E-state index >= 15 is 0 Å². The fourth-order valence-corrected chi connectivity index (χ4v) is 0.839. The summed E-state index contributed by atoms with van der Waals surface area (Å²) >= 11 is 0. The molecule has 6 heteroatoms. The number of aliphatic imine (C=N–C) groups is 1. The van der Waals surface area contributed by atoms with E-state index in [1.165, 1.54) is 25.5 Å². The SMILES string of the molecule is CCC(=O)O.CCCCCC=CN=CCC(=O)O.[NaH]. The molecule has 2 N–H and O–H groups in total. The van der Waals surface area contributed by atoms with Gasteiger partial charge in [0.1, 0.15) is 0 Å². The van der Waals surface area contributed by atoms with Gasteiger partial charge in [0.05, 0.1) is 6.42 Å². The maximum absolute atomic E-state index is 10.1. The summed E-state index contributed by atoms with van der Waals surface area (Å²) in [5, 5.41) is 16.0. The van der Waals surface area contributed by atoms with E-state index in [2.05, 4.69) is 11.9 Å². The van der Waals surface area contributed by atoms with Crippen LogP contribution in [0.4, 0.5) is 0 Å². The number of carbonyl (C=O) groups is 2. The van der Waals surface area contributed by atoms with Gasteiger partial charge in [-0.25, -0.2) is 0 Å². The van der Waals surface area contributed by atoms with Gasteiger partial charge < -0.3 is 10.2 Å². The van der Waals surface area contributed by atoms with Gasteiger partial charge in [-0.3, -0.25) is 14.6 Å². The van der Waals surface area contributed by atoms with Crippen LogP contribution in [0.25, 0.3) is 0 Å². The number of allylic oxidation sites excluding steroid dienone is 1. The molecule has 0 radical (unpaired) electrons. The van der Waals surface area contributed by atoms with Crippen molar-refractivity contribution in [2.75, 3.05) is 0 Å². The van der Waals surface area contributed by atoms with Gasteiger partial charge in [0, 0.05) is 18.8 Å². The average molecular weight is 281 g/mol. The number of unbranched alkanes of at least 4 members (excludes halogenated alkanes) is 3. The molecule has 0 aliphatic heterocycles. The first-order valence-corrected chi connectivity index (χ1v) is 6.14. The van der Waals surface area contributed by atoms with Gasteiger partial charge in [-0.1, -0.05) is 32.8 Å². The number of rotatable bonds is 8. The molecule has 0 saturated heterocycles. The minimum absolute atomic E-state index is 0. The molecule has 0 amide bonds. The van der Waals surface area contributed by atoms with Gasteiger partial charge in [0.2, 0.25) is 0 Å². The topological polar surface area (TPSA) is 87.0 Å². The zero-order chi connectivity index (χ0) is 14.2. The average Bonchev–Trinajstić information content (AvgIpc) is 2.33. The Kier molecular flexibility index (Phi) is 24.3. The van der Waals surface area contributed by atoms with E-state index in [0.29, 0.717) is 0 Å². The molecule has 0 fully saturated rings. The normalized spacial score (nSPS) is 9.79. The monoisotopic (exact) mass is 281 g/mol. The third-order valence-corrected chi connectivity index (χ3v) is 1.84. The molecule has 0 spiro atoms. The molecule has 106 valence electrons. The number of carboxylic acids is 2.